The van der Waals surface area contributed by atoms with E-state index in [-0.39, 0.29) is 11.4 Å². The number of nitrogens with zero attached hydrogens (tertiary/aromatic N) is 1. The van der Waals surface area contributed by atoms with Gasteiger partial charge in [-0.05, 0) is 44.4 Å². The summed E-state index contributed by atoms with van der Waals surface area (Å²) in [5.74, 6) is 2.33. The van der Waals surface area contributed by atoms with E-state index in [9.17, 15) is 4.79 Å². The molecule has 1 aromatic rings. The SMILES string of the molecule is CCc1ccc(CN2CCC[C@]3(CCC(=O)N3)[C@@H]2CC)o1. The normalized spacial score (nSPS) is 30.0. The summed E-state index contributed by atoms with van der Waals surface area (Å²) in [6, 6.07) is 4.60. The van der Waals surface area contributed by atoms with Gasteiger partial charge in [-0.15, -0.1) is 0 Å². The number of hydrogen-bond acceptors (Lipinski definition) is 3. The van der Waals surface area contributed by atoms with Crippen molar-refractivity contribution in [2.24, 2.45) is 0 Å². The van der Waals surface area contributed by atoms with Crippen molar-refractivity contribution in [3.63, 3.8) is 0 Å². The number of piperidine rings is 1. The van der Waals surface area contributed by atoms with Crippen LogP contribution >= 0.6 is 0 Å². The Hall–Kier alpha value is -1.29. The largest absolute Gasteiger partial charge is 0.465 e. The molecule has 2 aliphatic heterocycles. The van der Waals surface area contributed by atoms with Crippen LogP contribution in [0.4, 0.5) is 0 Å². The Morgan fingerprint density at radius 2 is 2.14 bits per heavy atom. The molecule has 2 atom stereocenters. The van der Waals surface area contributed by atoms with E-state index in [4.69, 9.17) is 4.42 Å². The molecule has 1 aromatic heterocycles. The molecule has 3 heterocycles. The van der Waals surface area contributed by atoms with Crippen molar-refractivity contribution >= 4 is 5.91 Å². The summed E-state index contributed by atoms with van der Waals surface area (Å²) in [7, 11) is 0. The van der Waals surface area contributed by atoms with Gasteiger partial charge in [0.15, 0.2) is 0 Å². The molecular formula is C17H26N2O2. The molecule has 0 unspecified atom stereocenters. The van der Waals surface area contributed by atoms with E-state index in [1.807, 2.05) is 0 Å². The zero-order valence-electron chi connectivity index (χ0n) is 13.2. The molecule has 2 aliphatic rings. The average molecular weight is 290 g/mol. The van der Waals surface area contributed by atoms with Gasteiger partial charge in [-0.3, -0.25) is 9.69 Å². The lowest BCUT2D eigenvalue weighted by molar-refractivity contribution is -0.120. The number of hydrogen-bond donors (Lipinski definition) is 1. The van der Waals surface area contributed by atoms with E-state index < -0.39 is 0 Å². The first-order valence-corrected chi connectivity index (χ1v) is 8.29. The lowest BCUT2D eigenvalue weighted by atomic mass is 9.78. The van der Waals surface area contributed by atoms with Crippen LogP contribution in [0.25, 0.3) is 0 Å². The van der Waals surface area contributed by atoms with Crippen LogP contribution in [0.2, 0.25) is 0 Å². The first-order valence-electron chi connectivity index (χ1n) is 8.29. The second-order valence-corrected chi connectivity index (χ2v) is 6.42. The van der Waals surface area contributed by atoms with E-state index in [1.54, 1.807) is 0 Å². The van der Waals surface area contributed by atoms with Gasteiger partial charge in [0.2, 0.25) is 5.91 Å². The molecule has 2 saturated heterocycles. The average Bonchev–Trinajstić information content (AvgIpc) is 3.07. The molecule has 1 amide bonds. The van der Waals surface area contributed by atoms with Gasteiger partial charge >= 0.3 is 0 Å². The predicted octanol–water partition coefficient (Wildman–Crippen LogP) is 2.87. The Balaban J connectivity index is 1.76. The standard InChI is InChI=1S/C17H26N2O2/c1-3-13-6-7-14(21-13)12-19-11-5-9-17(15(19)4-2)10-8-16(20)18-17/h6-7,15H,3-5,8-12H2,1-2H3,(H,18,20)/t15-,17-/m0/s1. The molecule has 3 rings (SSSR count). The van der Waals surface area contributed by atoms with Gasteiger partial charge in [-0.1, -0.05) is 13.8 Å². The van der Waals surface area contributed by atoms with Crippen LogP contribution in [0.1, 0.15) is 57.5 Å². The van der Waals surface area contributed by atoms with E-state index in [2.05, 4.69) is 36.2 Å². The highest BCUT2D eigenvalue weighted by atomic mass is 16.3. The zero-order chi connectivity index (χ0) is 14.9. The first-order chi connectivity index (χ1) is 10.2. The zero-order valence-corrected chi connectivity index (χ0v) is 13.2. The van der Waals surface area contributed by atoms with Crippen molar-refractivity contribution < 1.29 is 9.21 Å². The fourth-order valence-electron chi connectivity index (χ4n) is 4.18. The fraction of sp³-hybridized carbons (Fsp3) is 0.706. The third kappa shape index (κ3) is 2.73. The first kappa shape index (κ1) is 14.6. The Morgan fingerprint density at radius 1 is 1.33 bits per heavy atom. The van der Waals surface area contributed by atoms with Crippen LogP contribution < -0.4 is 5.32 Å². The van der Waals surface area contributed by atoms with Crippen molar-refractivity contribution in [3.05, 3.63) is 23.7 Å². The molecule has 4 heteroatoms. The topological polar surface area (TPSA) is 45.5 Å². The smallest absolute Gasteiger partial charge is 0.220 e. The fourth-order valence-corrected chi connectivity index (χ4v) is 4.18. The number of aryl methyl sites for hydroxylation is 1. The third-order valence-corrected chi connectivity index (χ3v) is 5.14. The minimum Gasteiger partial charge on any atom is -0.465 e. The van der Waals surface area contributed by atoms with Crippen molar-refractivity contribution in [2.75, 3.05) is 6.54 Å². The summed E-state index contributed by atoms with van der Waals surface area (Å²) in [5.41, 5.74) is 0.00423. The molecule has 4 nitrogen and oxygen atoms in total. The number of likely N-dealkylation sites (tertiary alicyclic amines) is 1. The molecule has 0 bridgehead atoms. The number of furan rings is 1. The van der Waals surface area contributed by atoms with Gasteiger partial charge in [-0.25, -0.2) is 0 Å². The number of amides is 1. The van der Waals surface area contributed by atoms with Crippen LogP contribution in [0.15, 0.2) is 16.5 Å². The Labute approximate surface area is 126 Å². The second kappa shape index (κ2) is 5.84. The highest BCUT2D eigenvalue weighted by Crippen LogP contribution is 2.37. The highest BCUT2D eigenvalue weighted by Gasteiger charge is 2.47. The van der Waals surface area contributed by atoms with Gasteiger partial charge in [0.05, 0.1) is 12.1 Å². The van der Waals surface area contributed by atoms with E-state index in [1.165, 1.54) is 0 Å². The monoisotopic (exact) mass is 290 g/mol. The van der Waals surface area contributed by atoms with Gasteiger partial charge in [0.25, 0.3) is 0 Å². The van der Waals surface area contributed by atoms with E-state index >= 15 is 0 Å². The highest BCUT2D eigenvalue weighted by molar-refractivity contribution is 5.79. The van der Waals surface area contributed by atoms with Crippen molar-refractivity contribution in [1.29, 1.82) is 0 Å². The van der Waals surface area contributed by atoms with Crippen LogP contribution in [-0.4, -0.2) is 28.9 Å². The van der Waals surface area contributed by atoms with E-state index in [0.717, 1.165) is 56.7 Å². The van der Waals surface area contributed by atoms with Crippen molar-refractivity contribution in [1.82, 2.24) is 10.2 Å². The molecule has 2 fully saturated rings. The molecule has 116 valence electrons. The van der Waals surface area contributed by atoms with Crippen LogP contribution in [-0.2, 0) is 17.8 Å². The van der Waals surface area contributed by atoms with E-state index in [0.29, 0.717) is 12.5 Å². The molecule has 0 aromatic carbocycles. The summed E-state index contributed by atoms with van der Waals surface area (Å²) >= 11 is 0. The summed E-state index contributed by atoms with van der Waals surface area (Å²) in [6.45, 7) is 6.30. The van der Waals surface area contributed by atoms with Crippen LogP contribution in [0, 0.1) is 0 Å². The lowest BCUT2D eigenvalue weighted by Gasteiger charge is -2.47. The number of carbonyl (C=O) groups excluding carboxylic acids is 1. The number of rotatable bonds is 4. The molecule has 0 aliphatic carbocycles. The predicted molar refractivity (Wildman–Crippen MR) is 81.9 cm³/mol. The Kier molecular flexibility index (Phi) is 4.07. The molecule has 0 radical (unpaired) electrons. The lowest BCUT2D eigenvalue weighted by Crippen LogP contribution is -2.61. The summed E-state index contributed by atoms with van der Waals surface area (Å²) < 4.78 is 5.87. The molecular weight excluding hydrogens is 264 g/mol. The van der Waals surface area contributed by atoms with Gasteiger partial charge in [-0.2, -0.15) is 0 Å². The minimum absolute atomic E-state index is 0.00423. The van der Waals surface area contributed by atoms with Crippen molar-refractivity contribution in [3.8, 4) is 0 Å². The molecule has 1 spiro atoms. The maximum absolute atomic E-state index is 11.7. The molecule has 21 heavy (non-hydrogen) atoms. The second-order valence-electron chi connectivity index (χ2n) is 6.42. The quantitative estimate of drug-likeness (QED) is 0.927. The summed E-state index contributed by atoms with van der Waals surface area (Å²) in [4.78, 5) is 14.2. The van der Waals surface area contributed by atoms with Crippen LogP contribution in [0.5, 0.6) is 0 Å². The number of carbonyl (C=O) groups is 1. The van der Waals surface area contributed by atoms with Crippen molar-refractivity contribution in [2.45, 2.75) is 70.5 Å². The maximum Gasteiger partial charge on any atom is 0.220 e. The van der Waals surface area contributed by atoms with Gasteiger partial charge in [0.1, 0.15) is 11.5 Å². The van der Waals surface area contributed by atoms with Crippen LogP contribution in [0.3, 0.4) is 0 Å². The molecule has 0 saturated carbocycles. The Morgan fingerprint density at radius 3 is 2.76 bits per heavy atom. The summed E-state index contributed by atoms with van der Waals surface area (Å²) in [6.07, 6.45) is 5.95. The van der Waals surface area contributed by atoms with Gasteiger partial charge in [0, 0.05) is 18.9 Å². The summed E-state index contributed by atoms with van der Waals surface area (Å²) in [5, 5.41) is 3.29. The number of nitrogens with one attached hydrogen (secondary N) is 1. The minimum atomic E-state index is 0.00423. The third-order valence-electron chi connectivity index (χ3n) is 5.14. The maximum atomic E-state index is 11.7. The van der Waals surface area contributed by atoms with Gasteiger partial charge < -0.3 is 9.73 Å². The Bertz CT molecular complexity index is 511. The molecule has 1 N–H and O–H groups in total.